The van der Waals surface area contributed by atoms with Crippen molar-refractivity contribution in [3.05, 3.63) is 39.9 Å². The van der Waals surface area contributed by atoms with Crippen LogP contribution >= 0.6 is 0 Å². The summed E-state index contributed by atoms with van der Waals surface area (Å²) in [6.07, 6.45) is 0.0107. The lowest BCUT2D eigenvalue weighted by molar-refractivity contribution is -0.384. The van der Waals surface area contributed by atoms with Gasteiger partial charge in [0.25, 0.3) is 5.69 Å². The number of hydrogen-bond donors (Lipinski definition) is 0. The first-order chi connectivity index (χ1) is 6.88. The molecule has 0 amide bonds. The fraction of sp³-hybridized carbons (Fsp3) is 0.250. The van der Waals surface area contributed by atoms with E-state index in [9.17, 15) is 22.4 Å². The second-order valence-electron chi connectivity index (χ2n) is 2.92. The molecule has 15 heavy (non-hydrogen) atoms. The van der Waals surface area contributed by atoms with Gasteiger partial charge in [0, 0.05) is 12.1 Å². The number of nitro groups is 1. The number of non-ortho nitro benzene ring substituents is 1. The molecule has 0 aliphatic carbocycles. The van der Waals surface area contributed by atoms with Crippen molar-refractivity contribution in [2.24, 2.45) is 0 Å². The van der Waals surface area contributed by atoms with Gasteiger partial charge in [-0.3, -0.25) is 10.1 Å². The fourth-order valence-electron chi connectivity index (χ4n) is 1.02. The van der Waals surface area contributed by atoms with Crippen molar-refractivity contribution in [3.63, 3.8) is 0 Å². The molecule has 0 spiro atoms. The molecule has 0 N–H and O–H groups in total. The van der Waals surface area contributed by atoms with E-state index in [4.69, 9.17) is 0 Å². The zero-order valence-electron chi connectivity index (χ0n) is 7.59. The lowest BCUT2D eigenvalue weighted by Gasteiger charge is -1.97. The van der Waals surface area contributed by atoms with E-state index in [1.807, 2.05) is 0 Å². The molecular weight excluding hydrogens is 225 g/mol. The molecule has 0 atom stereocenters. The van der Waals surface area contributed by atoms with Crippen molar-refractivity contribution in [2.75, 3.05) is 5.75 Å². The number of aryl methyl sites for hydroxylation is 1. The summed E-state index contributed by atoms with van der Waals surface area (Å²) in [5.41, 5.74) is 0.462. The molecule has 1 rings (SSSR count). The van der Waals surface area contributed by atoms with E-state index in [0.29, 0.717) is 5.56 Å². The number of nitro benzene ring substituents is 1. The average Bonchev–Trinajstić information content (AvgIpc) is 2.14. The van der Waals surface area contributed by atoms with Crippen LogP contribution in [0.3, 0.4) is 0 Å². The number of halogens is 1. The summed E-state index contributed by atoms with van der Waals surface area (Å²) in [6, 6.07) is 5.31. The molecule has 7 heteroatoms. The Labute approximate surface area is 85.9 Å². The molecule has 1 aromatic carbocycles. The summed E-state index contributed by atoms with van der Waals surface area (Å²) >= 11 is 0. The predicted molar refractivity (Wildman–Crippen MR) is 51.7 cm³/mol. The Morgan fingerprint density at radius 3 is 2.20 bits per heavy atom. The molecule has 0 saturated carbocycles. The zero-order valence-corrected chi connectivity index (χ0v) is 8.41. The maximum absolute atomic E-state index is 12.1. The minimum Gasteiger partial charge on any atom is -0.258 e. The molecule has 0 aliphatic heterocycles. The smallest absolute Gasteiger partial charge is 0.258 e. The highest BCUT2D eigenvalue weighted by atomic mass is 32.3. The maximum atomic E-state index is 12.1. The van der Waals surface area contributed by atoms with Gasteiger partial charge in [-0.2, -0.15) is 8.42 Å². The highest BCUT2D eigenvalue weighted by Gasteiger charge is 2.08. The van der Waals surface area contributed by atoms with E-state index >= 15 is 0 Å². The molecule has 0 aromatic heterocycles. The second-order valence-corrected chi connectivity index (χ2v) is 4.40. The molecule has 0 unspecified atom stereocenters. The van der Waals surface area contributed by atoms with Crippen LogP contribution in [-0.4, -0.2) is 19.1 Å². The van der Waals surface area contributed by atoms with Crippen molar-refractivity contribution in [1.29, 1.82) is 0 Å². The van der Waals surface area contributed by atoms with E-state index in [-0.39, 0.29) is 12.1 Å². The Balaban J connectivity index is 2.69. The van der Waals surface area contributed by atoms with Gasteiger partial charge in [0.15, 0.2) is 0 Å². The summed E-state index contributed by atoms with van der Waals surface area (Å²) in [7, 11) is -4.48. The lowest BCUT2D eigenvalue weighted by Crippen LogP contribution is -2.02. The van der Waals surface area contributed by atoms with Crippen LogP contribution in [-0.2, 0) is 16.6 Å². The summed E-state index contributed by atoms with van der Waals surface area (Å²) < 4.78 is 32.6. The van der Waals surface area contributed by atoms with Gasteiger partial charge in [0.05, 0.1) is 10.7 Å². The highest BCUT2D eigenvalue weighted by Crippen LogP contribution is 2.12. The summed E-state index contributed by atoms with van der Waals surface area (Å²) in [4.78, 5) is 9.72. The van der Waals surface area contributed by atoms with Gasteiger partial charge >= 0.3 is 10.2 Å². The number of rotatable bonds is 4. The van der Waals surface area contributed by atoms with E-state index in [0.717, 1.165) is 0 Å². The molecule has 0 bridgehead atoms. The summed E-state index contributed by atoms with van der Waals surface area (Å²) in [6.45, 7) is 0. The van der Waals surface area contributed by atoms with Crippen LogP contribution < -0.4 is 0 Å². The minimum absolute atomic E-state index is 0.0107. The van der Waals surface area contributed by atoms with E-state index in [2.05, 4.69) is 0 Å². The topological polar surface area (TPSA) is 77.3 Å². The molecule has 0 heterocycles. The van der Waals surface area contributed by atoms with Gasteiger partial charge < -0.3 is 0 Å². The van der Waals surface area contributed by atoms with Gasteiger partial charge in [0.2, 0.25) is 0 Å². The van der Waals surface area contributed by atoms with Crippen molar-refractivity contribution in [1.82, 2.24) is 0 Å². The van der Waals surface area contributed by atoms with Crippen LogP contribution in [0, 0.1) is 10.1 Å². The van der Waals surface area contributed by atoms with E-state index < -0.39 is 20.9 Å². The summed E-state index contributed by atoms with van der Waals surface area (Å²) in [5.74, 6) is -0.606. The van der Waals surface area contributed by atoms with E-state index in [1.54, 1.807) is 0 Å². The molecule has 5 nitrogen and oxygen atoms in total. The number of hydrogen-bond acceptors (Lipinski definition) is 4. The van der Waals surface area contributed by atoms with Gasteiger partial charge in [-0.1, -0.05) is 12.1 Å². The van der Waals surface area contributed by atoms with Crippen LogP contribution in [0.15, 0.2) is 24.3 Å². The van der Waals surface area contributed by atoms with Crippen LogP contribution in [0.5, 0.6) is 0 Å². The molecular formula is C8H8FNO4S. The van der Waals surface area contributed by atoms with Crippen molar-refractivity contribution in [3.8, 4) is 0 Å². The largest absolute Gasteiger partial charge is 0.302 e. The number of nitrogens with zero attached hydrogens (tertiary/aromatic N) is 1. The first kappa shape index (κ1) is 11.6. The predicted octanol–water partition coefficient (Wildman–Crippen LogP) is 1.44. The third-order valence-corrected chi connectivity index (χ3v) is 2.47. The second kappa shape index (κ2) is 4.35. The minimum atomic E-state index is -4.48. The van der Waals surface area contributed by atoms with Crippen LogP contribution in [0.4, 0.5) is 9.57 Å². The first-order valence-corrected chi connectivity index (χ1v) is 5.59. The Kier molecular flexibility index (Phi) is 3.35. The molecule has 0 radical (unpaired) electrons. The van der Waals surface area contributed by atoms with Crippen LogP contribution in [0.25, 0.3) is 0 Å². The fourth-order valence-corrected chi connectivity index (χ4v) is 1.50. The van der Waals surface area contributed by atoms with Crippen molar-refractivity contribution < 1.29 is 17.2 Å². The Morgan fingerprint density at radius 2 is 1.80 bits per heavy atom. The molecule has 82 valence electrons. The SMILES string of the molecule is O=[N+]([O-])c1ccc(CCS(=O)(=O)F)cc1. The Hall–Kier alpha value is -1.50. The third kappa shape index (κ3) is 4.03. The Morgan fingerprint density at radius 1 is 1.27 bits per heavy atom. The first-order valence-electron chi connectivity index (χ1n) is 4.04. The van der Waals surface area contributed by atoms with Gasteiger partial charge in [-0.25, -0.2) is 0 Å². The van der Waals surface area contributed by atoms with Crippen molar-refractivity contribution >= 4 is 15.9 Å². The normalized spacial score (nSPS) is 11.3. The monoisotopic (exact) mass is 233 g/mol. The van der Waals surface area contributed by atoms with Crippen molar-refractivity contribution in [2.45, 2.75) is 6.42 Å². The standard InChI is InChI=1S/C8H8FNO4S/c9-15(13,14)6-5-7-1-3-8(4-2-7)10(11)12/h1-4H,5-6H2. The van der Waals surface area contributed by atoms with Crippen LogP contribution in [0.1, 0.15) is 5.56 Å². The van der Waals surface area contributed by atoms with Crippen LogP contribution in [0.2, 0.25) is 0 Å². The number of benzene rings is 1. The molecule has 0 saturated heterocycles. The van der Waals surface area contributed by atoms with Gasteiger partial charge in [-0.15, -0.1) is 3.89 Å². The van der Waals surface area contributed by atoms with E-state index in [1.165, 1.54) is 24.3 Å². The molecule has 0 fully saturated rings. The van der Waals surface area contributed by atoms with Gasteiger partial charge in [-0.05, 0) is 12.0 Å². The molecule has 1 aromatic rings. The highest BCUT2D eigenvalue weighted by molar-refractivity contribution is 7.86. The lowest BCUT2D eigenvalue weighted by atomic mass is 10.1. The summed E-state index contributed by atoms with van der Waals surface area (Å²) in [5, 5.41) is 10.3. The molecule has 0 aliphatic rings. The quantitative estimate of drug-likeness (QED) is 0.448. The maximum Gasteiger partial charge on any atom is 0.302 e. The zero-order chi connectivity index (χ0) is 11.5. The van der Waals surface area contributed by atoms with Gasteiger partial charge in [0.1, 0.15) is 0 Å². The third-order valence-electron chi connectivity index (χ3n) is 1.78. The Bertz CT molecular complexity index is 454. The average molecular weight is 233 g/mol.